The van der Waals surface area contributed by atoms with Gasteiger partial charge in [0.15, 0.2) is 5.76 Å². The first kappa shape index (κ1) is 19.0. The monoisotopic (exact) mass is 404 g/mol. The van der Waals surface area contributed by atoms with Crippen molar-refractivity contribution < 1.29 is 17.3 Å². The number of oxazole rings is 1. The third-order valence-electron chi connectivity index (χ3n) is 5.37. The number of aromatic nitrogens is 1. The Kier molecular flexibility index (Phi) is 5.17. The van der Waals surface area contributed by atoms with E-state index in [4.69, 9.17) is 8.83 Å². The van der Waals surface area contributed by atoms with E-state index in [2.05, 4.69) is 11.1 Å². The van der Waals surface area contributed by atoms with Crippen LogP contribution in [0.5, 0.6) is 0 Å². The Balaban J connectivity index is 1.68. The minimum absolute atomic E-state index is 0.137. The maximum absolute atomic E-state index is 12.9. The van der Waals surface area contributed by atoms with Crippen LogP contribution in [0.2, 0.25) is 0 Å². The lowest BCUT2D eigenvalue weighted by Gasteiger charge is -2.18. The molecule has 2 aromatic heterocycles. The molecule has 9 heteroatoms. The molecule has 0 amide bonds. The van der Waals surface area contributed by atoms with Gasteiger partial charge in [0.05, 0.1) is 0 Å². The molecule has 0 bridgehead atoms. The number of sulfonamides is 1. The molecule has 28 heavy (non-hydrogen) atoms. The molecule has 150 valence electrons. The van der Waals surface area contributed by atoms with Crippen LogP contribution in [0.4, 0.5) is 5.88 Å². The van der Waals surface area contributed by atoms with Crippen molar-refractivity contribution in [1.29, 1.82) is 5.26 Å². The first-order valence-corrected chi connectivity index (χ1v) is 11.2. The number of hydrogen-bond donors (Lipinski definition) is 0. The lowest BCUT2D eigenvalue weighted by Crippen LogP contribution is -2.27. The number of nitrogens with zero attached hydrogens (tertiary/aromatic N) is 4. The molecule has 2 aliphatic rings. The molecule has 0 N–H and O–H groups in total. The van der Waals surface area contributed by atoms with Gasteiger partial charge in [-0.15, -0.1) is 0 Å². The molecule has 0 radical (unpaired) electrons. The second kappa shape index (κ2) is 7.60. The molecule has 0 aliphatic carbocycles. The molecule has 0 unspecified atom stereocenters. The molecule has 0 aromatic carbocycles. The first-order chi connectivity index (χ1) is 13.5. The molecule has 0 atom stereocenters. The van der Waals surface area contributed by atoms with Gasteiger partial charge in [-0.3, -0.25) is 0 Å². The summed E-state index contributed by atoms with van der Waals surface area (Å²) in [5.41, 5.74) is 0.204. The third kappa shape index (κ3) is 3.42. The maximum Gasteiger partial charge on any atom is 0.266 e. The Morgan fingerprint density at radius 2 is 1.68 bits per heavy atom. The van der Waals surface area contributed by atoms with E-state index in [0.29, 0.717) is 24.7 Å². The van der Waals surface area contributed by atoms with E-state index < -0.39 is 10.0 Å². The van der Waals surface area contributed by atoms with E-state index >= 15 is 0 Å². The Labute approximate surface area is 164 Å². The van der Waals surface area contributed by atoms with Crippen molar-refractivity contribution in [3.8, 4) is 17.7 Å². The molecule has 2 aliphatic heterocycles. The second-order valence-electron chi connectivity index (χ2n) is 7.33. The molecule has 2 aromatic rings. The van der Waals surface area contributed by atoms with Crippen LogP contribution in [0.1, 0.15) is 50.0 Å². The van der Waals surface area contributed by atoms with Crippen LogP contribution in [0.15, 0.2) is 19.8 Å². The first-order valence-electron chi connectivity index (χ1n) is 9.77. The normalized spacial score (nSPS) is 18.9. The van der Waals surface area contributed by atoms with Crippen molar-refractivity contribution in [3.63, 3.8) is 0 Å². The van der Waals surface area contributed by atoms with E-state index in [1.165, 1.54) is 10.4 Å². The predicted octanol–water partition coefficient (Wildman–Crippen LogP) is 3.28. The zero-order valence-electron chi connectivity index (χ0n) is 16.0. The molecular formula is C19H24N4O4S. The molecule has 4 rings (SSSR count). The SMILES string of the molecule is Cc1oc(-c2nc(C#N)c(N3CCCCCC3)o2)cc1S(=O)(=O)N1CCCC1. The van der Waals surface area contributed by atoms with Gasteiger partial charge in [-0.1, -0.05) is 12.8 Å². The largest absolute Gasteiger partial charge is 0.455 e. The molecule has 0 saturated carbocycles. The summed E-state index contributed by atoms with van der Waals surface area (Å²) in [6.45, 7) is 4.30. The molecule has 2 saturated heterocycles. The van der Waals surface area contributed by atoms with Crippen LogP contribution in [0.3, 0.4) is 0 Å². The van der Waals surface area contributed by atoms with Gasteiger partial charge >= 0.3 is 0 Å². The average molecular weight is 404 g/mol. The fraction of sp³-hybridized carbons (Fsp3) is 0.579. The quantitative estimate of drug-likeness (QED) is 0.770. The van der Waals surface area contributed by atoms with Crippen molar-refractivity contribution in [3.05, 3.63) is 17.5 Å². The van der Waals surface area contributed by atoms with Gasteiger partial charge < -0.3 is 13.7 Å². The highest BCUT2D eigenvalue weighted by Crippen LogP contribution is 2.34. The molecule has 0 spiro atoms. The van der Waals surface area contributed by atoms with Gasteiger partial charge in [0.1, 0.15) is 16.7 Å². The van der Waals surface area contributed by atoms with Crippen LogP contribution in [-0.2, 0) is 10.0 Å². The van der Waals surface area contributed by atoms with Crippen molar-refractivity contribution in [2.45, 2.75) is 50.3 Å². The number of hydrogen-bond acceptors (Lipinski definition) is 7. The van der Waals surface area contributed by atoms with Gasteiger partial charge in [-0.25, -0.2) is 8.42 Å². The molecule has 4 heterocycles. The van der Waals surface area contributed by atoms with Crippen LogP contribution in [0, 0.1) is 18.3 Å². The number of furan rings is 1. The van der Waals surface area contributed by atoms with Gasteiger partial charge in [-0.05, 0) is 32.6 Å². The number of rotatable bonds is 4. The lowest BCUT2D eigenvalue weighted by atomic mass is 10.2. The highest BCUT2D eigenvalue weighted by Gasteiger charge is 2.32. The summed E-state index contributed by atoms with van der Waals surface area (Å²) in [4.78, 5) is 6.45. The summed E-state index contributed by atoms with van der Waals surface area (Å²) in [5, 5.41) is 9.48. The number of aryl methyl sites for hydroxylation is 1. The van der Waals surface area contributed by atoms with Crippen molar-refractivity contribution in [2.75, 3.05) is 31.1 Å². The minimum atomic E-state index is -3.60. The van der Waals surface area contributed by atoms with Crippen LogP contribution in [0.25, 0.3) is 11.7 Å². The van der Waals surface area contributed by atoms with Gasteiger partial charge in [0.25, 0.3) is 5.89 Å². The standard InChI is InChI=1S/C19H24N4O4S/c1-14-17(28(24,25)23-10-6-7-11-23)12-16(26-14)18-21-15(13-20)19(27-18)22-8-4-2-3-5-9-22/h12H,2-11H2,1H3. The molecular weight excluding hydrogens is 380 g/mol. The number of nitriles is 1. The Bertz CT molecular complexity index is 988. The van der Waals surface area contributed by atoms with Gasteiger partial charge in [0.2, 0.25) is 21.6 Å². The lowest BCUT2D eigenvalue weighted by molar-refractivity contribution is 0.469. The maximum atomic E-state index is 12.9. The van der Waals surface area contributed by atoms with Crippen LogP contribution >= 0.6 is 0 Å². The van der Waals surface area contributed by atoms with Crippen molar-refractivity contribution in [1.82, 2.24) is 9.29 Å². The van der Waals surface area contributed by atoms with E-state index in [-0.39, 0.29) is 22.2 Å². The van der Waals surface area contributed by atoms with E-state index in [1.807, 2.05) is 4.90 Å². The Morgan fingerprint density at radius 3 is 2.32 bits per heavy atom. The van der Waals surface area contributed by atoms with Crippen molar-refractivity contribution in [2.24, 2.45) is 0 Å². The fourth-order valence-corrected chi connectivity index (χ4v) is 5.55. The molecule has 8 nitrogen and oxygen atoms in total. The fourth-order valence-electron chi connectivity index (χ4n) is 3.87. The molecule has 2 fully saturated rings. The van der Waals surface area contributed by atoms with E-state index in [0.717, 1.165) is 51.6 Å². The summed E-state index contributed by atoms with van der Waals surface area (Å²) in [5.74, 6) is 1.11. The predicted molar refractivity (Wildman–Crippen MR) is 102 cm³/mol. The van der Waals surface area contributed by atoms with Crippen LogP contribution in [-0.4, -0.2) is 43.9 Å². The summed E-state index contributed by atoms with van der Waals surface area (Å²) < 4.78 is 38.8. The summed E-state index contributed by atoms with van der Waals surface area (Å²) in [6.07, 6.45) is 6.14. The Morgan fingerprint density at radius 1 is 1.04 bits per heavy atom. The summed E-state index contributed by atoms with van der Waals surface area (Å²) in [7, 11) is -3.60. The summed E-state index contributed by atoms with van der Waals surface area (Å²) in [6, 6.07) is 3.55. The van der Waals surface area contributed by atoms with Crippen LogP contribution < -0.4 is 4.90 Å². The number of anilines is 1. The zero-order valence-corrected chi connectivity index (χ0v) is 16.8. The van der Waals surface area contributed by atoms with Gasteiger partial charge in [0, 0.05) is 32.2 Å². The highest BCUT2D eigenvalue weighted by atomic mass is 32.2. The average Bonchev–Trinajstić information content (AvgIpc) is 3.38. The van der Waals surface area contributed by atoms with E-state index in [9.17, 15) is 13.7 Å². The van der Waals surface area contributed by atoms with Gasteiger partial charge in [-0.2, -0.15) is 14.6 Å². The topological polar surface area (TPSA) is 104 Å². The highest BCUT2D eigenvalue weighted by molar-refractivity contribution is 7.89. The summed E-state index contributed by atoms with van der Waals surface area (Å²) >= 11 is 0. The third-order valence-corrected chi connectivity index (χ3v) is 7.38. The Hall–Kier alpha value is -2.31. The second-order valence-corrected chi connectivity index (χ2v) is 9.23. The smallest absolute Gasteiger partial charge is 0.266 e. The van der Waals surface area contributed by atoms with Crippen molar-refractivity contribution >= 4 is 15.9 Å². The zero-order chi connectivity index (χ0) is 19.7. The minimum Gasteiger partial charge on any atom is -0.455 e. The van der Waals surface area contributed by atoms with E-state index in [1.54, 1.807) is 6.92 Å².